The number of rotatable bonds is 3. The monoisotopic (exact) mass is 314 g/mol. The van der Waals surface area contributed by atoms with E-state index in [9.17, 15) is 4.39 Å². The molecule has 0 aliphatic heterocycles. The molecule has 1 nitrogen and oxygen atoms in total. The molecule has 0 aliphatic rings. The summed E-state index contributed by atoms with van der Waals surface area (Å²) < 4.78 is 20.0. The van der Waals surface area contributed by atoms with Crippen molar-refractivity contribution < 1.29 is 9.13 Å². The van der Waals surface area contributed by atoms with E-state index in [-0.39, 0.29) is 11.6 Å². The van der Waals surface area contributed by atoms with Gasteiger partial charge < -0.3 is 4.74 Å². The minimum Gasteiger partial charge on any atom is -0.454 e. The fraction of sp³-hybridized carbons (Fsp3) is 0.0769. The molecule has 0 atom stereocenters. The lowest BCUT2D eigenvalue weighted by Gasteiger charge is -2.07. The smallest absolute Gasteiger partial charge is 0.166 e. The quantitative estimate of drug-likeness (QED) is 0.714. The van der Waals surface area contributed by atoms with Crippen molar-refractivity contribution in [1.82, 2.24) is 0 Å². The van der Waals surface area contributed by atoms with Crippen molar-refractivity contribution in [3.63, 3.8) is 0 Å². The molecule has 2 aromatic rings. The maximum atomic E-state index is 13.6. The molecule has 0 N–H and O–H groups in total. The van der Waals surface area contributed by atoms with E-state index in [1.54, 1.807) is 24.3 Å². The van der Waals surface area contributed by atoms with Gasteiger partial charge in [0, 0.05) is 10.4 Å². The average Bonchev–Trinajstić information content (AvgIpc) is 2.34. The van der Waals surface area contributed by atoms with Gasteiger partial charge in [-0.15, -0.1) is 11.6 Å². The Labute approximate surface area is 112 Å². The summed E-state index contributed by atoms with van der Waals surface area (Å²) >= 11 is 8.94. The molecule has 88 valence electrons. The molecule has 0 saturated carbocycles. The maximum Gasteiger partial charge on any atom is 0.166 e. The summed E-state index contributed by atoms with van der Waals surface area (Å²) in [7, 11) is 0. The molecular formula is C13H9BrClFO. The molecule has 0 fully saturated rings. The third kappa shape index (κ3) is 3.20. The van der Waals surface area contributed by atoms with Crippen LogP contribution in [0.2, 0.25) is 0 Å². The van der Waals surface area contributed by atoms with Crippen LogP contribution in [0.25, 0.3) is 0 Å². The van der Waals surface area contributed by atoms with Crippen LogP contribution >= 0.6 is 27.5 Å². The second-order valence-electron chi connectivity index (χ2n) is 3.45. The van der Waals surface area contributed by atoms with E-state index in [4.69, 9.17) is 16.3 Å². The van der Waals surface area contributed by atoms with Crippen LogP contribution in [-0.2, 0) is 5.88 Å². The van der Waals surface area contributed by atoms with Crippen molar-refractivity contribution in [2.45, 2.75) is 5.88 Å². The van der Waals surface area contributed by atoms with E-state index in [1.165, 1.54) is 6.07 Å². The Kier molecular flexibility index (Phi) is 4.02. The molecule has 4 heteroatoms. The van der Waals surface area contributed by atoms with E-state index >= 15 is 0 Å². The first-order valence-electron chi connectivity index (χ1n) is 4.97. The highest BCUT2D eigenvalue weighted by atomic mass is 79.9. The summed E-state index contributed by atoms with van der Waals surface area (Å²) in [5.41, 5.74) is 0.729. The SMILES string of the molecule is Fc1cc(CCl)ccc1Oc1ccc(Br)cc1. The Morgan fingerprint density at radius 1 is 1.12 bits per heavy atom. The molecule has 0 amide bonds. The summed E-state index contributed by atoms with van der Waals surface area (Å²) in [4.78, 5) is 0. The number of halogens is 3. The van der Waals surface area contributed by atoms with E-state index in [1.807, 2.05) is 12.1 Å². The van der Waals surface area contributed by atoms with Gasteiger partial charge in [-0.1, -0.05) is 22.0 Å². The first-order chi connectivity index (χ1) is 8.19. The second kappa shape index (κ2) is 5.52. The lowest BCUT2D eigenvalue weighted by Crippen LogP contribution is -1.89. The van der Waals surface area contributed by atoms with Crippen LogP contribution in [0.3, 0.4) is 0 Å². The molecule has 0 spiro atoms. The molecule has 0 radical (unpaired) electrons. The van der Waals surface area contributed by atoms with E-state index < -0.39 is 5.82 Å². The minimum atomic E-state index is -0.411. The van der Waals surface area contributed by atoms with Crippen molar-refractivity contribution in [2.24, 2.45) is 0 Å². The van der Waals surface area contributed by atoms with Crippen LogP contribution in [0.1, 0.15) is 5.56 Å². The third-order valence-corrected chi connectivity index (χ3v) is 3.03. The van der Waals surface area contributed by atoms with Crippen molar-refractivity contribution in [1.29, 1.82) is 0 Å². The lowest BCUT2D eigenvalue weighted by molar-refractivity contribution is 0.442. The highest BCUT2D eigenvalue weighted by Gasteiger charge is 2.05. The van der Waals surface area contributed by atoms with Gasteiger partial charge in [0.25, 0.3) is 0 Å². The molecule has 0 unspecified atom stereocenters. The Morgan fingerprint density at radius 2 is 1.82 bits per heavy atom. The molecule has 0 bridgehead atoms. The van der Waals surface area contributed by atoms with Crippen LogP contribution in [-0.4, -0.2) is 0 Å². The molecule has 0 aliphatic carbocycles. The van der Waals surface area contributed by atoms with Gasteiger partial charge in [0.05, 0.1) is 0 Å². The summed E-state index contributed by atoms with van der Waals surface area (Å²) in [6.07, 6.45) is 0. The predicted molar refractivity (Wildman–Crippen MR) is 70.2 cm³/mol. The molecule has 17 heavy (non-hydrogen) atoms. The molecule has 0 heterocycles. The van der Waals surface area contributed by atoms with Gasteiger partial charge in [-0.2, -0.15) is 0 Å². The summed E-state index contributed by atoms with van der Waals surface area (Å²) in [5.74, 6) is 0.660. The van der Waals surface area contributed by atoms with Crippen LogP contribution in [0, 0.1) is 5.82 Å². The highest BCUT2D eigenvalue weighted by Crippen LogP contribution is 2.26. The third-order valence-electron chi connectivity index (χ3n) is 2.19. The lowest BCUT2D eigenvalue weighted by atomic mass is 10.2. The van der Waals surface area contributed by atoms with Gasteiger partial charge in [-0.3, -0.25) is 0 Å². The van der Waals surface area contributed by atoms with E-state index in [0.29, 0.717) is 5.75 Å². The maximum absolute atomic E-state index is 13.6. The van der Waals surface area contributed by atoms with Gasteiger partial charge in [0.15, 0.2) is 11.6 Å². The normalized spacial score (nSPS) is 10.3. The average molecular weight is 316 g/mol. The van der Waals surface area contributed by atoms with Crippen molar-refractivity contribution >= 4 is 27.5 Å². The summed E-state index contributed by atoms with van der Waals surface area (Å²) in [5, 5.41) is 0. The standard InChI is InChI=1S/C13H9BrClFO/c14-10-2-4-11(5-3-10)17-13-6-1-9(8-15)7-12(13)16/h1-7H,8H2. The molecule has 0 saturated heterocycles. The number of hydrogen-bond acceptors (Lipinski definition) is 1. The van der Waals surface area contributed by atoms with Crippen LogP contribution in [0.5, 0.6) is 11.5 Å². The van der Waals surface area contributed by atoms with E-state index in [0.717, 1.165) is 10.0 Å². The first-order valence-corrected chi connectivity index (χ1v) is 6.29. The molecular weight excluding hydrogens is 306 g/mol. The van der Waals surface area contributed by atoms with Gasteiger partial charge in [0.2, 0.25) is 0 Å². The number of ether oxygens (including phenoxy) is 1. The summed E-state index contributed by atoms with van der Waals surface area (Å²) in [6.45, 7) is 0. The Balaban J connectivity index is 2.21. The second-order valence-corrected chi connectivity index (χ2v) is 4.64. The fourth-order valence-corrected chi connectivity index (χ4v) is 1.77. The largest absolute Gasteiger partial charge is 0.454 e. The first kappa shape index (κ1) is 12.4. The Morgan fingerprint density at radius 3 is 2.41 bits per heavy atom. The van der Waals surface area contributed by atoms with Crippen LogP contribution in [0.4, 0.5) is 4.39 Å². The zero-order valence-electron chi connectivity index (χ0n) is 8.79. The zero-order chi connectivity index (χ0) is 12.3. The Bertz CT molecular complexity index is 513. The number of hydrogen-bond donors (Lipinski definition) is 0. The van der Waals surface area contributed by atoms with Crippen molar-refractivity contribution in [3.05, 3.63) is 58.3 Å². The minimum absolute atomic E-state index is 0.196. The van der Waals surface area contributed by atoms with Crippen molar-refractivity contribution in [2.75, 3.05) is 0 Å². The van der Waals surface area contributed by atoms with E-state index in [2.05, 4.69) is 15.9 Å². The zero-order valence-corrected chi connectivity index (χ0v) is 11.1. The highest BCUT2D eigenvalue weighted by molar-refractivity contribution is 9.10. The topological polar surface area (TPSA) is 9.23 Å². The number of alkyl halides is 1. The fourth-order valence-electron chi connectivity index (χ4n) is 1.34. The molecule has 2 rings (SSSR count). The van der Waals surface area contributed by atoms with Gasteiger partial charge >= 0.3 is 0 Å². The molecule has 2 aromatic carbocycles. The van der Waals surface area contributed by atoms with Gasteiger partial charge in [-0.05, 0) is 42.0 Å². The van der Waals surface area contributed by atoms with Crippen LogP contribution in [0.15, 0.2) is 46.9 Å². The molecule has 0 aromatic heterocycles. The van der Waals surface area contributed by atoms with Gasteiger partial charge in [0.1, 0.15) is 5.75 Å². The van der Waals surface area contributed by atoms with Crippen molar-refractivity contribution in [3.8, 4) is 11.5 Å². The predicted octanol–water partition coefficient (Wildman–Crippen LogP) is 5.12. The van der Waals surface area contributed by atoms with Gasteiger partial charge in [-0.25, -0.2) is 4.39 Å². The summed E-state index contributed by atoms with van der Waals surface area (Å²) in [6, 6.07) is 11.9. The Hall–Kier alpha value is -1.06. The van der Waals surface area contributed by atoms with Crippen LogP contribution < -0.4 is 4.74 Å². The number of benzene rings is 2.